The third kappa shape index (κ3) is 4.23. The van der Waals surface area contributed by atoms with Crippen LogP contribution in [0.4, 0.5) is 0 Å². The molecule has 4 nitrogen and oxygen atoms in total. The van der Waals surface area contributed by atoms with Crippen LogP contribution in [0.1, 0.15) is 40.2 Å². The van der Waals surface area contributed by atoms with E-state index in [0.29, 0.717) is 6.54 Å². The molecule has 0 saturated heterocycles. The average molecular weight is 278 g/mol. The Hall–Kier alpha value is -1.55. The number of nitrogens with one attached hydrogen (secondary N) is 1. The Kier molecular flexibility index (Phi) is 5.17. The maximum atomic E-state index is 11.5. The average Bonchev–Trinajstić information content (AvgIpc) is 2.36. The Morgan fingerprint density at radius 1 is 1.20 bits per heavy atom. The van der Waals surface area contributed by atoms with Crippen LogP contribution >= 0.6 is 0 Å². The van der Waals surface area contributed by atoms with Crippen LogP contribution in [-0.2, 0) is 10.2 Å². The second-order valence-corrected chi connectivity index (χ2v) is 6.29. The Labute approximate surface area is 121 Å². The van der Waals surface area contributed by atoms with Crippen LogP contribution in [0, 0.1) is 0 Å². The van der Waals surface area contributed by atoms with E-state index in [4.69, 9.17) is 10.5 Å². The van der Waals surface area contributed by atoms with Crippen molar-refractivity contribution in [3.05, 3.63) is 29.8 Å². The summed E-state index contributed by atoms with van der Waals surface area (Å²) in [6, 6.07) is 7.94. The van der Waals surface area contributed by atoms with E-state index >= 15 is 0 Å². The summed E-state index contributed by atoms with van der Waals surface area (Å²) in [6.07, 6.45) is 0. The molecule has 20 heavy (non-hydrogen) atoms. The van der Waals surface area contributed by atoms with Gasteiger partial charge in [0.15, 0.2) is 0 Å². The van der Waals surface area contributed by atoms with Crippen molar-refractivity contribution in [2.75, 3.05) is 13.2 Å². The molecule has 1 unspecified atom stereocenters. The minimum atomic E-state index is -0.850. The Bertz CT molecular complexity index is 449. The van der Waals surface area contributed by atoms with E-state index in [1.807, 2.05) is 31.2 Å². The van der Waals surface area contributed by atoms with E-state index in [9.17, 15) is 4.79 Å². The molecule has 0 radical (unpaired) electrons. The highest BCUT2D eigenvalue weighted by Crippen LogP contribution is 2.24. The number of benzene rings is 1. The molecule has 0 aromatic heterocycles. The number of likely N-dealkylation sites (N-methyl/N-ethyl adjacent to an activating group) is 1. The first-order valence-corrected chi connectivity index (χ1v) is 6.97. The summed E-state index contributed by atoms with van der Waals surface area (Å²) in [5, 5.41) is 3.06. The van der Waals surface area contributed by atoms with Gasteiger partial charge < -0.3 is 15.8 Å². The lowest BCUT2D eigenvalue weighted by Gasteiger charge is -2.27. The number of ether oxygens (including phenoxy) is 1. The molecular formula is C16H26N2O2. The maximum Gasteiger partial charge on any atom is 0.240 e. The third-order valence-corrected chi connectivity index (χ3v) is 3.36. The molecule has 0 saturated carbocycles. The predicted octanol–water partition coefficient (Wildman–Crippen LogP) is 2.22. The fourth-order valence-corrected chi connectivity index (χ4v) is 1.88. The van der Waals surface area contributed by atoms with E-state index in [1.165, 1.54) is 5.56 Å². The summed E-state index contributed by atoms with van der Waals surface area (Å²) in [5.74, 6) is 0.328. The zero-order chi connectivity index (χ0) is 15.4. The van der Waals surface area contributed by atoms with Gasteiger partial charge in [0.1, 0.15) is 17.9 Å². The van der Waals surface area contributed by atoms with Crippen LogP contribution in [0.15, 0.2) is 24.3 Å². The number of hydrogen-bond donors (Lipinski definition) is 2. The van der Waals surface area contributed by atoms with Crippen LogP contribution in [0.25, 0.3) is 0 Å². The molecule has 1 amide bonds. The molecule has 0 heterocycles. The quantitative estimate of drug-likeness (QED) is 0.838. The van der Waals surface area contributed by atoms with Gasteiger partial charge in [0.05, 0.1) is 0 Å². The van der Waals surface area contributed by atoms with Crippen LogP contribution in [0.5, 0.6) is 5.75 Å². The van der Waals surface area contributed by atoms with Crippen LogP contribution < -0.4 is 15.8 Å². The zero-order valence-corrected chi connectivity index (χ0v) is 13.1. The van der Waals surface area contributed by atoms with E-state index in [1.54, 1.807) is 6.92 Å². The van der Waals surface area contributed by atoms with Gasteiger partial charge >= 0.3 is 0 Å². The lowest BCUT2D eigenvalue weighted by molar-refractivity contribution is -0.124. The smallest absolute Gasteiger partial charge is 0.240 e. The molecule has 4 heteroatoms. The van der Waals surface area contributed by atoms with Gasteiger partial charge in [-0.25, -0.2) is 0 Å². The van der Waals surface area contributed by atoms with E-state index in [2.05, 4.69) is 26.1 Å². The molecule has 1 aromatic rings. The summed E-state index contributed by atoms with van der Waals surface area (Å²) < 4.78 is 5.69. The highest BCUT2D eigenvalue weighted by atomic mass is 16.5. The van der Waals surface area contributed by atoms with Crippen molar-refractivity contribution in [3.63, 3.8) is 0 Å². The first kappa shape index (κ1) is 16.5. The van der Waals surface area contributed by atoms with Crippen molar-refractivity contribution in [2.24, 2.45) is 5.73 Å². The van der Waals surface area contributed by atoms with Gasteiger partial charge in [0.25, 0.3) is 0 Å². The Balaban J connectivity index is 2.72. The molecule has 0 aliphatic carbocycles. The molecule has 112 valence electrons. The number of hydrogen-bond acceptors (Lipinski definition) is 3. The highest BCUT2D eigenvalue weighted by Gasteiger charge is 2.31. The molecule has 3 N–H and O–H groups in total. The molecule has 0 fully saturated rings. The first-order valence-electron chi connectivity index (χ1n) is 6.97. The number of nitrogens with two attached hydrogens (primary N) is 1. The fraction of sp³-hybridized carbons (Fsp3) is 0.562. The predicted molar refractivity (Wildman–Crippen MR) is 81.9 cm³/mol. The van der Waals surface area contributed by atoms with Crippen LogP contribution in [-0.4, -0.2) is 24.6 Å². The molecule has 0 aliphatic rings. The molecular weight excluding hydrogens is 252 g/mol. The zero-order valence-electron chi connectivity index (χ0n) is 13.1. The minimum Gasteiger partial charge on any atom is -0.491 e. The van der Waals surface area contributed by atoms with E-state index in [0.717, 1.165) is 5.75 Å². The molecule has 0 spiro atoms. The van der Waals surface area contributed by atoms with Crippen molar-refractivity contribution in [2.45, 2.75) is 45.6 Å². The monoisotopic (exact) mass is 278 g/mol. The van der Waals surface area contributed by atoms with Crippen molar-refractivity contribution in [1.82, 2.24) is 5.32 Å². The number of primary amides is 1. The normalized spacial score (nSPS) is 14.7. The van der Waals surface area contributed by atoms with E-state index in [-0.39, 0.29) is 12.0 Å². The number of rotatable bonds is 6. The molecule has 1 atom stereocenters. The summed E-state index contributed by atoms with van der Waals surface area (Å²) >= 11 is 0. The third-order valence-electron chi connectivity index (χ3n) is 3.36. The maximum absolute atomic E-state index is 11.5. The molecule has 0 bridgehead atoms. The van der Waals surface area contributed by atoms with Gasteiger partial charge in [-0.05, 0) is 36.6 Å². The van der Waals surface area contributed by atoms with Gasteiger partial charge in [-0.15, -0.1) is 0 Å². The van der Waals surface area contributed by atoms with Crippen LogP contribution in [0.3, 0.4) is 0 Å². The van der Waals surface area contributed by atoms with Crippen molar-refractivity contribution < 1.29 is 9.53 Å². The standard InChI is InChI=1S/C16H26N2O2/c1-6-18-16(5,14(17)19)11-20-13-9-7-12(8-10-13)15(2,3)4/h7-10,18H,6,11H2,1-5H3,(H2,17,19). The topological polar surface area (TPSA) is 64.3 Å². The summed E-state index contributed by atoms with van der Waals surface area (Å²) in [5.41, 5.74) is 5.93. The Morgan fingerprint density at radius 2 is 1.75 bits per heavy atom. The van der Waals surface area contributed by atoms with Crippen molar-refractivity contribution in [1.29, 1.82) is 0 Å². The number of carbonyl (C=O) groups is 1. The highest BCUT2D eigenvalue weighted by molar-refractivity contribution is 5.84. The summed E-state index contributed by atoms with van der Waals surface area (Å²) in [7, 11) is 0. The van der Waals surface area contributed by atoms with Gasteiger partial charge in [-0.1, -0.05) is 39.8 Å². The van der Waals surface area contributed by atoms with Crippen molar-refractivity contribution >= 4 is 5.91 Å². The molecule has 0 aliphatic heterocycles. The lowest BCUT2D eigenvalue weighted by atomic mass is 9.87. The van der Waals surface area contributed by atoms with Gasteiger partial charge in [0, 0.05) is 0 Å². The van der Waals surface area contributed by atoms with Gasteiger partial charge in [-0.2, -0.15) is 0 Å². The minimum absolute atomic E-state index is 0.115. The SMILES string of the molecule is CCNC(C)(COc1ccc(C(C)(C)C)cc1)C(N)=O. The second-order valence-electron chi connectivity index (χ2n) is 6.29. The Morgan fingerprint density at radius 3 is 2.15 bits per heavy atom. The van der Waals surface area contributed by atoms with E-state index < -0.39 is 11.4 Å². The second kappa shape index (κ2) is 6.27. The lowest BCUT2D eigenvalue weighted by Crippen LogP contribution is -2.57. The molecule has 1 aromatic carbocycles. The molecule has 1 rings (SSSR count). The number of carbonyl (C=O) groups excluding carboxylic acids is 1. The van der Waals surface area contributed by atoms with Crippen LogP contribution in [0.2, 0.25) is 0 Å². The number of amides is 1. The van der Waals surface area contributed by atoms with Crippen molar-refractivity contribution in [3.8, 4) is 5.75 Å². The fourth-order valence-electron chi connectivity index (χ4n) is 1.88. The van der Waals surface area contributed by atoms with Gasteiger partial charge in [-0.3, -0.25) is 4.79 Å². The van der Waals surface area contributed by atoms with Gasteiger partial charge in [0.2, 0.25) is 5.91 Å². The summed E-state index contributed by atoms with van der Waals surface area (Å²) in [6.45, 7) is 11.0. The largest absolute Gasteiger partial charge is 0.491 e. The first-order chi connectivity index (χ1) is 9.19. The summed E-state index contributed by atoms with van der Waals surface area (Å²) in [4.78, 5) is 11.5.